The Morgan fingerprint density at radius 3 is 2.76 bits per heavy atom. The highest BCUT2D eigenvalue weighted by Crippen LogP contribution is 2.40. The van der Waals surface area contributed by atoms with Crippen LogP contribution in [0.3, 0.4) is 0 Å². The Hall–Kier alpha value is -2.68. The lowest BCUT2D eigenvalue weighted by Gasteiger charge is -2.44. The molecule has 34 heavy (non-hydrogen) atoms. The summed E-state index contributed by atoms with van der Waals surface area (Å²) in [6, 6.07) is 7.06. The predicted molar refractivity (Wildman–Crippen MR) is 123 cm³/mol. The topological polar surface area (TPSA) is 108 Å². The second kappa shape index (κ2) is 10.7. The minimum absolute atomic E-state index is 0.00141. The maximum atomic E-state index is 13.3. The molecule has 1 aliphatic carbocycles. The van der Waals surface area contributed by atoms with Crippen LogP contribution in [0.4, 0.5) is 0 Å². The van der Waals surface area contributed by atoms with Gasteiger partial charge in [0.05, 0.1) is 25.7 Å². The highest BCUT2D eigenvalue weighted by molar-refractivity contribution is 5.78. The number of amides is 1. The third kappa shape index (κ3) is 5.04. The van der Waals surface area contributed by atoms with Crippen molar-refractivity contribution in [2.24, 2.45) is 0 Å². The first kappa shape index (κ1) is 24.4. The normalized spacial score (nSPS) is 29.5. The first-order valence-corrected chi connectivity index (χ1v) is 12.4. The Morgan fingerprint density at radius 2 is 2.03 bits per heavy atom. The maximum Gasteiger partial charge on any atom is 0.306 e. The van der Waals surface area contributed by atoms with Crippen molar-refractivity contribution in [1.82, 2.24) is 4.90 Å². The van der Waals surface area contributed by atoms with Gasteiger partial charge in [0.25, 0.3) is 5.91 Å². The highest BCUT2D eigenvalue weighted by Gasteiger charge is 2.56. The SMILES string of the molecule is CCOC(=O)CCC1([N+](=O)[O-])CCCN2C(=O)COc3ccccc3C3CCC(CC3)OCC21. The number of benzene rings is 1. The minimum atomic E-state index is -1.46. The summed E-state index contributed by atoms with van der Waals surface area (Å²) in [6.07, 6.45) is 4.30. The zero-order valence-electron chi connectivity index (χ0n) is 19.8. The zero-order chi connectivity index (χ0) is 24.1. The molecular weight excluding hydrogens is 440 g/mol. The smallest absolute Gasteiger partial charge is 0.306 e. The number of ether oxygens (including phenoxy) is 3. The van der Waals surface area contributed by atoms with E-state index in [0.29, 0.717) is 24.6 Å². The van der Waals surface area contributed by atoms with Gasteiger partial charge >= 0.3 is 5.97 Å². The van der Waals surface area contributed by atoms with Crippen molar-refractivity contribution < 1.29 is 28.7 Å². The largest absolute Gasteiger partial charge is 0.483 e. The number of piperidine rings is 1. The van der Waals surface area contributed by atoms with Gasteiger partial charge in [0, 0.05) is 24.3 Å². The van der Waals surface area contributed by atoms with E-state index in [2.05, 4.69) is 6.07 Å². The van der Waals surface area contributed by atoms with Crippen LogP contribution >= 0.6 is 0 Å². The van der Waals surface area contributed by atoms with Gasteiger partial charge in [0.2, 0.25) is 5.54 Å². The molecule has 4 aliphatic rings. The summed E-state index contributed by atoms with van der Waals surface area (Å²) in [7, 11) is 0. The third-order valence-electron chi connectivity index (χ3n) is 7.63. The molecule has 1 saturated carbocycles. The number of nitro groups is 1. The molecule has 1 saturated heterocycles. The van der Waals surface area contributed by atoms with Crippen LogP contribution in [-0.2, 0) is 19.1 Å². The molecule has 1 aromatic rings. The number of hydrogen-bond donors (Lipinski definition) is 0. The molecule has 1 aromatic carbocycles. The van der Waals surface area contributed by atoms with Crippen LogP contribution in [0.5, 0.6) is 5.75 Å². The fraction of sp³-hybridized carbons (Fsp3) is 0.680. The molecule has 2 fully saturated rings. The number of rotatable bonds is 5. The number of nitrogens with zero attached hydrogens (tertiary/aromatic N) is 2. The van der Waals surface area contributed by atoms with Crippen molar-refractivity contribution in [1.29, 1.82) is 0 Å². The molecule has 0 radical (unpaired) electrons. The van der Waals surface area contributed by atoms with Crippen molar-refractivity contribution in [2.75, 3.05) is 26.4 Å². The second-order valence-corrected chi connectivity index (χ2v) is 9.51. The van der Waals surface area contributed by atoms with E-state index in [1.807, 2.05) is 18.2 Å². The number of carbonyl (C=O) groups is 2. The van der Waals surface area contributed by atoms with E-state index in [0.717, 1.165) is 31.2 Å². The predicted octanol–water partition coefficient (Wildman–Crippen LogP) is 3.47. The van der Waals surface area contributed by atoms with Crippen molar-refractivity contribution >= 4 is 11.9 Å². The van der Waals surface area contributed by atoms with Crippen molar-refractivity contribution in [3.63, 3.8) is 0 Å². The number of para-hydroxylation sites is 1. The van der Waals surface area contributed by atoms with Gasteiger partial charge in [-0.2, -0.15) is 0 Å². The Morgan fingerprint density at radius 1 is 1.26 bits per heavy atom. The quantitative estimate of drug-likeness (QED) is 0.365. The zero-order valence-corrected chi connectivity index (χ0v) is 19.8. The lowest BCUT2D eigenvalue weighted by molar-refractivity contribution is -0.584. The van der Waals surface area contributed by atoms with Crippen LogP contribution in [-0.4, -0.2) is 65.7 Å². The molecule has 3 aliphatic heterocycles. The number of carbonyl (C=O) groups excluding carboxylic acids is 2. The minimum Gasteiger partial charge on any atom is -0.483 e. The summed E-state index contributed by atoms with van der Waals surface area (Å²) in [4.78, 5) is 39.1. The van der Waals surface area contributed by atoms with Gasteiger partial charge in [0.1, 0.15) is 11.8 Å². The number of fused-ring (bicyclic) bond motifs is 5. The molecule has 0 N–H and O–H groups in total. The van der Waals surface area contributed by atoms with E-state index >= 15 is 0 Å². The van der Waals surface area contributed by atoms with E-state index in [1.54, 1.807) is 11.8 Å². The van der Waals surface area contributed by atoms with Gasteiger partial charge in [0.15, 0.2) is 6.61 Å². The fourth-order valence-corrected chi connectivity index (χ4v) is 5.80. The molecule has 0 spiro atoms. The molecule has 3 heterocycles. The van der Waals surface area contributed by atoms with Gasteiger partial charge in [-0.15, -0.1) is 0 Å². The first-order valence-electron chi connectivity index (χ1n) is 12.4. The molecule has 1 amide bonds. The van der Waals surface area contributed by atoms with E-state index < -0.39 is 17.6 Å². The van der Waals surface area contributed by atoms with Crippen LogP contribution in [0, 0.1) is 10.1 Å². The summed E-state index contributed by atoms with van der Waals surface area (Å²) in [5.41, 5.74) is -0.354. The molecule has 2 atom stereocenters. The van der Waals surface area contributed by atoms with Crippen molar-refractivity contribution in [2.45, 2.75) is 81.9 Å². The Kier molecular flexibility index (Phi) is 7.70. The van der Waals surface area contributed by atoms with Crippen LogP contribution in [0.2, 0.25) is 0 Å². The van der Waals surface area contributed by atoms with Gasteiger partial charge in [-0.1, -0.05) is 18.2 Å². The van der Waals surface area contributed by atoms with E-state index in [9.17, 15) is 19.7 Å². The molecule has 9 heteroatoms. The first-order chi connectivity index (χ1) is 16.4. The summed E-state index contributed by atoms with van der Waals surface area (Å²) in [6.45, 7) is 2.23. The summed E-state index contributed by atoms with van der Waals surface area (Å²) < 4.78 is 17.3. The molecule has 2 unspecified atom stereocenters. The van der Waals surface area contributed by atoms with E-state index in [4.69, 9.17) is 14.2 Å². The summed E-state index contributed by atoms with van der Waals surface area (Å²) in [5, 5.41) is 12.5. The molecular formula is C25H34N2O7. The standard InChI is InChI=1S/C25H34N2O7/c1-2-32-24(29)12-14-25(27(30)31)13-5-15-26-22(25)16-33-19-10-8-18(9-11-19)20-6-3-4-7-21(20)34-17-23(26)28/h3-4,6-7,18-19,22H,2,5,8-17H2,1H3. The average Bonchev–Trinajstić information content (AvgIpc) is 2.86. The molecule has 186 valence electrons. The molecule has 5 rings (SSSR count). The summed E-state index contributed by atoms with van der Waals surface area (Å²) in [5.74, 6) is 0.292. The van der Waals surface area contributed by atoms with Crippen LogP contribution in [0.25, 0.3) is 0 Å². The Bertz CT molecular complexity index is 899. The lowest BCUT2D eigenvalue weighted by Crippen LogP contribution is -2.64. The average molecular weight is 475 g/mol. The van der Waals surface area contributed by atoms with E-state index in [1.165, 1.54) is 0 Å². The van der Waals surface area contributed by atoms with Crippen LogP contribution < -0.4 is 4.74 Å². The number of hydrogen-bond acceptors (Lipinski definition) is 7. The third-order valence-corrected chi connectivity index (χ3v) is 7.63. The monoisotopic (exact) mass is 474 g/mol. The number of esters is 1. The second-order valence-electron chi connectivity index (χ2n) is 9.51. The van der Waals surface area contributed by atoms with Crippen molar-refractivity contribution in [3.8, 4) is 5.75 Å². The van der Waals surface area contributed by atoms with Gasteiger partial charge < -0.3 is 19.1 Å². The lowest BCUT2D eigenvalue weighted by atomic mass is 9.78. The van der Waals surface area contributed by atoms with Gasteiger partial charge in [-0.05, 0) is 56.6 Å². The fourth-order valence-electron chi connectivity index (χ4n) is 5.80. The molecule has 2 bridgehead atoms. The molecule has 9 nitrogen and oxygen atoms in total. The van der Waals surface area contributed by atoms with E-state index in [-0.39, 0.29) is 56.0 Å². The van der Waals surface area contributed by atoms with Crippen LogP contribution in [0.15, 0.2) is 24.3 Å². The Labute approximate surface area is 199 Å². The highest BCUT2D eigenvalue weighted by atomic mass is 16.6. The van der Waals surface area contributed by atoms with Crippen LogP contribution in [0.1, 0.15) is 69.8 Å². The molecule has 0 aromatic heterocycles. The van der Waals surface area contributed by atoms with Gasteiger partial charge in [-0.25, -0.2) is 0 Å². The Balaban J connectivity index is 1.63. The van der Waals surface area contributed by atoms with Gasteiger partial charge in [-0.3, -0.25) is 19.7 Å². The summed E-state index contributed by atoms with van der Waals surface area (Å²) >= 11 is 0. The van der Waals surface area contributed by atoms with Crippen molar-refractivity contribution in [3.05, 3.63) is 39.9 Å². The maximum absolute atomic E-state index is 13.3.